The molecule has 0 fully saturated rings. The van der Waals surface area contributed by atoms with Crippen molar-refractivity contribution in [3.05, 3.63) is 57.0 Å². The smallest absolute Gasteiger partial charge is 0.163 e. The molecule has 0 aliphatic rings. The lowest BCUT2D eigenvalue weighted by Crippen LogP contribution is -1.97. The number of ketones is 1. The van der Waals surface area contributed by atoms with Crippen molar-refractivity contribution in [2.75, 3.05) is 0 Å². The maximum Gasteiger partial charge on any atom is 0.163 e. The zero-order valence-corrected chi connectivity index (χ0v) is 13.6. The van der Waals surface area contributed by atoms with Crippen LogP contribution in [0.2, 0.25) is 5.02 Å². The highest BCUT2D eigenvalue weighted by Crippen LogP contribution is 2.30. The average Bonchev–Trinajstić information content (AvgIpc) is 2.42. The van der Waals surface area contributed by atoms with Gasteiger partial charge < -0.3 is 4.74 Å². The van der Waals surface area contributed by atoms with Crippen LogP contribution >= 0.6 is 27.5 Å². The number of halogens is 2. The van der Waals surface area contributed by atoms with Gasteiger partial charge in [0, 0.05) is 9.50 Å². The fourth-order valence-corrected chi connectivity index (χ4v) is 2.49. The number of hydrogen-bond donors (Lipinski definition) is 0. The number of benzene rings is 2. The van der Waals surface area contributed by atoms with E-state index in [2.05, 4.69) is 15.9 Å². The Kier molecular flexibility index (Phi) is 4.84. The van der Waals surface area contributed by atoms with E-state index < -0.39 is 0 Å². The van der Waals surface area contributed by atoms with E-state index in [1.807, 2.05) is 25.1 Å². The summed E-state index contributed by atoms with van der Waals surface area (Å²) in [6.07, 6.45) is 0.829. The molecule has 2 rings (SSSR count). The molecule has 2 aromatic carbocycles. The molecule has 0 atom stereocenters. The van der Waals surface area contributed by atoms with E-state index in [9.17, 15) is 4.79 Å². The number of rotatable bonds is 4. The Hall–Kier alpha value is -1.32. The Morgan fingerprint density at radius 2 is 2.00 bits per heavy atom. The lowest BCUT2D eigenvalue weighted by molar-refractivity contribution is 0.101. The van der Waals surface area contributed by atoms with E-state index >= 15 is 0 Å². The van der Waals surface area contributed by atoms with Crippen molar-refractivity contribution in [2.45, 2.75) is 20.3 Å². The molecule has 2 nitrogen and oxygen atoms in total. The molecule has 0 spiro atoms. The van der Waals surface area contributed by atoms with Gasteiger partial charge in [0.15, 0.2) is 5.78 Å². The minimum absolute atomic E-state index is 0.0361. The molecular formula is C16H14BrClO2. The standard InChI is InChI=1S/C16H14BrClO2/c1-3-11-8-13(5-6-15(11)18)20-16-7-4-12(17)9-14(16)10(2)19/h4-9H,3H2,1-2H3. The molecule has 2 aromatic rings. The molecule has 0 aliphatic heterocycles. The van der Waals surface area contributed by atoms with Gasteiger partial charge in [-0.25, -0.2) is 0 Å². The van der Waals surface area contributed by atoms with Gasteiger partial charge in [-0.05, 0) is 55.3 Å². The third-order valence-electron chi connectivity index (χ3n) is 2.95. The van der Waals surface area contributed by atoms with E-state index in [0.717, 1.165) is 21.5 Å². The van der Waals surface area contributed by atoms with Crippen LogP contribution in [-0.4, -0.2) is 5.78 Å². The first kappa shape index (κ1) is 15.1. The molecule has 0 N–H and O–H groups in total. The number of carbonyl (C=O) groups excluding carboxylic acids is 1. The minimum atomic E-state index is -0.0361. The molecule has 0 heterocycles. The van der Waals surface area contributed by atoms with Gasteiger partial charge in [-0.1, -0.05) is 34.5 Å². The van der Waals surface area contributed by atoms with Crippen LogP contribution in [0, 0.1) is 0 Å². The van der Waals surface area contributed by atoms with Crippen molar-refractivity contribution < 1.29 is 9.53 Å². The summed E-state index contributed by atoms with van der Waals surface area (Å²) in [6, 6.07) is 10.9. The van der Waals surface area contributed by atoms with E-state index in [-0.39, 0.29) is 5.78 Å². The molecule has 0 amide bonds. The summed E-state index contributed by atoms with van der Waals surface area (Å²) >= 11 is 9.44. The van der Waals surface area contributed by atoms with E-state index in [4.69, 9.17) is 16.3 Å². The molecule has 0 unspecified atom stereocenters. The molecule has 4 heteroatoms. The second-order valence-electron chi connectivity index (χ2n) is 4.41. The highest BCUT2D eigenvalue weighted by Gasteiger charge is 2.11. The van der Waals surface area contributed by atoms with E-state index in [1.165, 1.54) is 6.92 Å². The summed E-state index contributed by atoms with van der Waals surface area (Å²) in [7, 11) is 0. The van der Waals surface area contributed by atoms with Gasteiger partial charge in [0.1, 0.15) is 11.5 Å². The lowest BCUT2D eigenvalue weighted by Gasteiger charge is -2.11. The fourth-order valence-electron chi connectivity index (χ4n) is 1.88. The zero-order chi connectivity index (χ0) is 14.7. The summed E-state index contributed by atoms with van der Waals surface area (Å²) in [6.45, 7) is 3.56. The molecule has 0 aliphatic carbocycles. The van der Waals surface area contributed by atoms with Crippen molar-refractivity contribution in [3.8, 4) is 11.5 Å². The quantitative estimate of drug-likeness (QED) is 0.663. The highest BCUT2D eigenvalue weighted by atomic mass is 79.9. The Morgan fingerprint density at radius 3 is 2.65 bits per heavy atom. The van der Waals surface area contributed by atoms with Crippen molar-refractivity contribution in [2.24, 2.45) is 0 Å². The summed E-state index contributed by atoms with van der Waals surface area (Å²) < 4.78 is 6.67. The number of Topliss-reactive ketones (excluding diaryl/α,β-unsaturated/α-hetero) is 1. The SMILES string of the molecule is CCc1cc(Oc2ccc(Br)cc2C(C)=O)ccc1Cl. The van der Waals surface area contributed by atoms with Gasteiger partial charge in [0.25, 0.3) is 0 Å². The van der Waals surface area contributed by atoms with Crippen LogP contribution < -0.4 is 4.74 Å². The normalized spacial score (nSPS) is 10.4. The first-order chi connectivity index (χ1) is 9.51. The Labute approximate surface area is 131 Å². The van der Waals surface area contributed by atoms with Crippen LogP contribution in [0.3, 0.4) is 0 Å². The largest absolute Gasteiger partial charge is 0.457 e. The summed E-state index contributed by atoms with van der Waals surface area (Å²) in [5.41, 5.74) is 1.57. The second-order valence-corrected chi connectivity index (χ2v) is 5.73. The third kappa shape index (κ3) is 3.41. The Morgan fingerprint density at radius 1 is 1.25 bits per heavy atom. The van der Waals surface area contributed by atoms with Crippen molar-refractivity contribution in [3.63, 3.8) is 0 Å². The van der Waals surface area contributed by atoms with Gasteiger partial charge in [-0.3, -0.25) is 4.79 Å². The van der Waals surface area contributed by atoms with Gasteiger partial charge >= 0.3 is 0 Å². The highest BCUT2D eigenvalue weighted by molar-refractivity contribution is 9.10. The van der Waals surface area contributed by atoms with Crippen molar-refractivity contribution in [1.29, 1.82) is 0 Å². The predicted molar refractivity (Wildman–Crippen MR) is 85.1 cm³/mol. The maximum absolute atomic E-state index is 11.7. The van der Waals surface area contributed by atoms with Gasteiger partial charge in [-0.2, -0.15) is 0 Å². The first-order valence-electron chi connectivity index (χ1n) is 6.28. The molecule has 0 bridgehead atoms. The number of ether oxygens (including phenoxy) is 1. The van der Waals surface area contributed by atoms with Crippen LogP contribution in [0.25, 0.3) is 0 Å². The van der Waals surface area contributed by atoms with Gasteiger partial charge in [0.05, 0.1) is 5.56 Å². The van der Waals surface area contributed by atoms with Crippen LogP contribution in [0.5, 0.6) is 11.5 Å². The molecule has 0 saturated carbocycles. The fraction of sp³-hybridized carbons (Fsp3) is 0.188. The van der Waals surface area contributed by atoms with Gasteiger partial charge in [-0.15, -0.1) is 0 Å². The monoisotopic (exact) mass is 352 g/mol. The number of aryl methyl sites for hydroxylation is 1. The predicted octanol–water partition coefficient (Wildman–Crippen LogP) is 5.66. The molecule has 0 radical (unpaired) electrons. The number of carbonyl (C=O) groups is 1. The Bertz CT molecular complexity index is 653. The van der Waals surface area contributed by atoms with Crippen molar-refractivity contribution >= 4 is 33.3 Å². The average molecular weight is 354 g/mol. The first-order valence-corrected chi connectivity index (χ1v) is 7.45. The number of hydrogen-bond acceptors (Lipinski definition) is 2. The Balaban J connectivity index is 2.37. The molecular weight excluding hydrogens is 340 g/mol. The van der Waals surface area contributed by atoms with Crippen LogP contribution in [0.1, 0.15) is 29.8 Å². The lowest BCUT2D eigenvalue weighted by atomic mass is 10.1. The van der Waals surface area contributed by atoms with Crippen LogP contribution in [0.15, 0.2) is 40.9 Å². The van der Waals surface area contributed by atoms with Crippen molar-refractivity contribution in [1.82, 2.24) is 0 Å². The summed E-state index contributed by atoms with van der Waals surface area (Å²) in [5.74, 6) is 1.19. The molecule has 104 valence electrons. The third-order valence-corrected chi connectivity index (χ3v) is 3.81. The van der Waals surface area contributed by atoms with E-state index in [0.29, 0.717) is 17.1 Å². The van der Waals surface area contributed by atoms with E-state index in [1.54, 1.807) is 18.2 Å². The minimum Gasteiger partial charge on any atom is -0.457 e. The van der Waals surface area contributed by atoms with Crippen LogP contribution in [-0.2, 0) is 6.42 Å². The topological polar surface area (TPSA) is 26.3 Å². The molecule has 0 aromatic heterocycles. The summed E-state index contributed by atoms with van der Waals surface area (Å²) in [4.78, 5) is 11.7. The maximum atomic E-state index is 11.7. The molecule has 0 saturated heterocycles. The van der Waals surface area contributed by atoms with Crippen LogP contribution in [0.4, 0.5) is 0 Å². The zero-order valence-electron chi connectivity index (χ0n) is 11.2. The second kappa shape index (κ2) is 6.42. The summed E-state index contributed by atoms with van der Waals surface area (Å²) in [5, 5.41) is 0.724. The molecule has 20 heavy (non-hydrogen) atoms. The van der Waals surface area contributed by atoms with Gasteiger partial charge in [0.2, 0.25) is 0 Å².